The SMILES string of the molecule is O=C(Cc1ccc(S(F)(F)(F)(F)F)cc1)N1CCN(c2ccc(Cl)nn2)CC1. The minimum Gasteiger partial charge on any atom is -0.352 e. The first-order chi connectivity index (χ1) is 12.8. The van der Waals surface area contributed by atoms with E-state index in [1.54, 1.807) is 17.0 Å². The van der Waals surface area contributed by atoms with Gasteiger partial charge in [0.2, 0.25) is 5.91 Å². The van der Waals surface area contributed by atoms with Crippen molar-refractivity contribution in [2.75, 3.05) is 31.1 Å². The highest BCUT2D eigenvalue weighted by Gasteiger charge is 2.65. The molecule has 1 aromatic heterocycles. The van der Waals surface area contributed by atoms with Crippen LogP contribution in [0.1, 0.15) is 5.56 Å². The van der Waals surface area contributed by atoms with E-state index in [0.29, 0.717) is 44.1 Å². The van der Waals surface area contributed by atoms with E-state index in [2.05, 4.69) is 10.2 Å². The first kappa shape index (κ1) is 20.6. The quantitative estimate of drug-likeness (QED) is 0.645. The molecular weight excluding hydrogens is 427 g/mol. The first-order valence-corrected chi connectivity index (χ1v) is 10.5. The highest BCUT2D eigenvalue weighted by molar-refractivity contribution is 8.45. The van der Waals surface area contributed by atoms with Crippen molar-refractivity contribution < 1.29 is 24.2 Å². The molecule has 0 N–H and O–H groups in total. The molecule has 1 aliphatic heterocycles. The van der Waals surface area contributed by atoms with Crippen molar-refractivity contribution in [2.45, 2.75) is 11.3 Å². The fourth-order valence-electron chi connectivity index (χ4n) is 2.81. The average Bonchev–Trinajstić information content (AvgIpc) is 2.61. The lowest BCUT2D eigenvalue weighted by molar-refractivity contribution is -0.130. The van der Waals surface area contributed by atoms with Gasteiger partial charge in [0.05, 0.1) is 6.42 Å². The van der Waals surface area contributed by atoms with Crippen molar-refractivity contribution in [1.29, 1.82) is 0 Å². The fourth-order valence-corrected chi connectivity index (χ4v) is 3.56. The summed E-state index contributed by atoms with van der Waals surface area (Å²) >= 11 is 5.70. The molecule has 28 heavy (non-hydrogen) atoms. The third-order valence-electron chi connectivity index (χ3n) is 4.30. The third-order valence-corrected chi connectivity index (χ3v) is 5.66. The largest absolute Gasteiger partial charge is 0.352 e. The van der Waals surface area contributed by atoms with E-state index >= 15 is 0 Å². The molecule has 1 fully saturated rings. The molecule has 1 amide bonds. The number of nitrogens with zero attached hydrogens (tertiary/aromatic N) is 4. The standard InChI is InChI=1S/C16H16ClF5N4OS/c17-14-5-6-15(24-23-14)25-7-9-26(10-8-25)16(27)11-12-1-3-13(4-2-12)28(18,19,20,21)22/h1-6H,7-11H2. The summed E-state index contributed by atoms with van der Waals surface area (Å²) in [6.07, 6.45) is -0.165. The van der Waals surface area contributed by atoms with E-state index in [4.69, 9.17) is 11.6 Å². The number of amides is 1. The highest BCUT2D eigenvalue weighted by Crippen LogP contribution is 3.02. The van der Waals surface area contributed by atoms with E-state index in [0.717, 1.165) is 12.1 Å². The molecule has 2 heterocycles. The van der Waals surface area contributed by atoms with Crippen LogP contribution in [0.15, 0.2) is 41.3 Å². The maximum Gasteiger partial charge on any atom is 0.310 e. The van der Waals surface area contributed by atoms with Crippen LogP contribution in [0.2, 0.25) is 5.15 Å². The highest BCUT2D eigenvalue weighted by atomic mass is 35.5. The number of carbonyl (C=O) groups is 1. The van der Waals surface area contributed by atoms with Crippen LogP contribution in [0.25, 0.3) is 0 Å². The number of hydrogen-bond acceptors (Lipinski definition) is 4. The molecule has 0 unspecified atom stereocenters. The van der Waals surface area contributed by atoms with E-state index in [9.17, 15) is 24.2 Å². The summed E-state index contributed by atoms with van der Waals surface area (Å²) in [6, 6.07) is 5.78. The molecule has 0 saturated carbocycles. The van der Waals surface area contributed by atoms with Crippen molar-refractivity contribution in [3.05, 3.63) is 47.1 Å². The Hall–Kier alpha value is -2.14. The molecule has 3 rings (SSSR count). The van der Waals surface area contributed by atoms with Gasteiger partial charge in [-0.15, -0.1) is 10.2 Å². The van der Waals surface area contributed by atoms with Crippen LogP contribution in [0.5, 0.6) is 0 Å². The summed E-state index contributed by atoms with van der Waals surface area (Å²) < 4.78 is 63.7. The molecule has 5 nitrogen and oxygen atoms in total. The van der Waals surface area contributed by atoms with Crippen LogP contribution >= 0.6 is 21.8 Å². The Morgan fingerprint density at radius 2 is 1.54 bits per heavy atom. The molecule has 1 aromatic carbocycles. The van der Waals surface area contributed by atoms with Crippen molar-refractivity contribution in [2.24, 2.45) is 0 Å². The smallest absolute Gasteiger partial charge is 0.310 e. The molecule has 0 atom stereocenters. The summed E-state index contributed by atoms with van der Waals surface area (Å²) in [5, 5.41) is 8.00. The predicted molar refractivity (Wildman–Crippen MR) is 97.4 cm³/mol. The van der Waals surface area contributed by atoms with E-state index in [1.807, 2.05) is 4.90 Å². The Balaban J connectivity index is 1.58. The van der Waals surface area contributed by atoms with Gasteiger partial charge in [-0.05, 0) is 29.8 Å². The molecule has 1 saturated heterocycles. The molecular formula is C16H16ClF5N4OS. The van der Waals surface area contributed by atoms with Crippen LogP contribution in [0.4, 0.5) is 25.2 Å². The second-order valence-corrected chi connectivity index (χ2v) is 9.17. The zero-order valence-corrected chi connectivity index (χ0v) is 15.9. The third kappa shape index (κ3) is 5.02. The number of anilines is 1. The lowest BCUT2D eigenvalue weighted by Crippen LogP contribution is -2.49. The van der Waals surface area contributed by atoms with Crippen molar-refractivity contribution >= 4 is 33.6 Å². The number of piperazine rings is 1. The summed E-state index contributed by atoms with van der Waals surface area (Å²) in [5.74, 6) is 0.338. The first-order valence-electron chi connectivity index (χ1n) is 8.17. The number of benzene rings is 1. The number of hydrogen-bond donors (Lipinski definition) is 0. The van der Waals surface area contributed by atoms with E-state index < -0.39 is 15.1 Å². The van der Waals surface area contributed by atoms with Gasteiger partial charge in [-0.3, -0.25) is 4.79 Å². The van der Waals surface area contributed by atoms with E-state index in [1.165, 1.54) is 0 Å². The average molecular weight is 443 g/mol. The van der Waals surface area contributed by atoms with Gasteiger partial charge in [0, 0.05) is 26.2 Å². The predicted octanol–water partition coefficient (Wildman–Crippen LogP) is 4.68. The maximum absolute atomic E-state index is 12.7. The normalized spacial score (nSPS) is 17.8. The Labute approximate surface area is 162 Å². The van der Waals surface area contributed by atoms with Gasteiger partial charge in [-0.25, -0.2) is 0 Å². The van der Waals surface area contributed by atoms with Gasteiger partial charge in [-0.1, -0.05) is 43.2 Å². The van der Waals surface area contributed by atoms with Gasteiger partial charge in [0.1, 0.15) is 4.90 Å². The number of halogens is 6. The second kappa shape index (κ2) is 6.45. The Morgan fingerprint density at radius 3 is 2.04 bits per heavy atom. The van der Waals surface area contributed by atoms with Crippen LogP contribution in [-0.2, 0) is 11.2 Å². The van der Waals surface area contributed by atoms with Gasteiger partial charge in [0.15, 0.2) is 11.0 Å². The lowest BCUT2D eigenvalue weighted by atomic mass is 10.1. The van der Waals surface area contributed by atoms with Gasteiger partial charge < -0.3 is 9.80 Å². The fraction of sp³-hybridized carbons (Fsp3) is 0.312. The van der Waals surface area contributed by atoms with Crippen molar-refractivity contribution in [1.82, 2.24) is 15.1 Å². The number of aromatic nitrogens is 2. The van der Waals surface area contributed by atoms with E-state index in [-0.39, 0.29) is 23.0 Å². The Bertz CT molecular complexity index is 869. The van der Waals surface area contributed by atoms with Crippen molar-refractivity contribution in [3.8, 4) is 0 Å². The molecule has 0 spiro atoms. The van der Waals surface area contributed by atoms with Crippen LogP contribution in [0, 0.1) is 0 Å². The summed E-state index contributed by atoms with van der Waals surface area (Å²) in [5.41, 5.74) is 0.238. The summed E-state index contributed by atoms with van der Waals surface area (Å²) in [6.45, 7) is 1.80. The lowest BCUT2D eigenvalue weighted by Gasteiger charge is -2.40. The summed E-state index contributed by atoms with van der Waals surface area (Å²) in [7, 11) is -9.70. The molecule has 0 aliphatic carbocycles. The molecule has 0 radical (unpaired) electrons. The van der Waals surface area contributed by atoms with Gasteiger partial charge in [-0.2, -0.15) is 0 Å². The Kier molecular flexibility index (Phi) is 4.74. The molecule has 154 valence electrons. The van der Waals surface area contributed by atoms with Crippen LogP contribution in [-0.4, -0.2) is 47.2 Å². The maximum atomic E-state index is 12.7. The topological polar surface area (TPSA) is 49.3 Å². The monoisotopic (exact) mass is 442 g/mol. The van der Waals surface area contributed by atoms with Crippen LogP contribution in [0.3, 0.4) is 0 Å². The van der Waals surface area contributed by atoms with Gasteiger partial charge in [0.25, 0.3) is 0 Å². The number of carbonyl (C=O) groups excluding carboxylic acids is 1. The molecule has 0 bridgehead atoms. The second-order valence-electron chi connectivity index (χ2n) is 6.37. The Morgan fingerprint density at radius 1 is 0.929 bits per heavy atom. The molecule has 1 aliphatic rings. The zero-order valence-electron chi connectivity index (χ0n) is 14.4. The molecule has 12 heteroatoms. The van der Waals surface area contributed by atoms with Gasteiger partial charge >= 0.3 is 10.2 Å². The minimum absolute atomic E-state index is 0.165. The number of rotatable bonds is 4. The summed E-state index contributed by atoms with van der Waals surface area (Å²) in [4.78, 5) is 13.9. The van der Waals surface area contributed by atoms with Crippen molar-refractivity contribution in [3.63, 3.8) is 0 Å². The van der Waals surface area contributed by atoms with Crippen LogP contribution < -0.4 is 4.90 Å². The minimum atomic E-state index is -9.70. The zero-order chi connectivity index (χ0) is 20.6. The molecule has 2 aromatic rings.